The van der Waals surface area contributed by atoms with Crippen LogP contribution in [0.3, 0.4) is 0 Å². The lowest BCUT2D eigenvalue weighted by Gasteiger charge is -2.11. The van der Waals surface area contributed by atoms with Crippen molar-refractivity contribution >= 4 is 17.8 Å². The van der Waals surface area contributed by atoms with Crippen LogP contribution in [0.1, 0.15) is 5.56 Å². The van der Waals surface area contributed by atoms with E-state index in [1.807, 2.05) is 55.4 Å². The summed E-state index contributed by atoms with van der Waals surface area (Å²) < 4.78 is 10.6. The van der Waals surface area contributed by atoms with Gasteiger partial charge in [-0.25, -0.2) is 5.43 Å². The quantitative estimate of drug-likeness (QED) is 0.626. The van der Waals surface area contributed by atoms with Crippen LogP contribution >= 0.6 is 0 Å². The Morgan fingerprint density at radius 2 is 1.79 bits per heavy atom. The summed E-state index contributed by atoms with van der Waals surface area (Å²) in [6.45, 7) is -0.142. The minimum Gasteiger partial charge on any atom is -0.493 e. The van der Waals surface area contributed by atoms with E-state index in [9.17, 15) is 4.79 Å². The normalized spacial score (nSPS) is 10.5. The Morgan fingerprint density at radius 1 is 1.12 bits per heavy atom. The highest BCUT2D eigenvalue weighted by molar-refractivity contribution is 5.83. The summed E-state index contributed by atoms with van der Waals surface area (Å²) in [5, 5.41) is 3.92. The van der Waals surface area contributed by atoms with Crippen LogP contribution in [0.15, 0.2) is 53.6 Å². The van der Waals surface area contributed by atoms with Crippen molar-refractivity contribution in [2.45, 2.75) is 0 Å². The Balaban J connectivity index is 1.82. The van der Waals surface area contributed by atoms with E-state index in [2.05, 4.69) is 10.5 Å². The first-order valence-corrected chi connectivity index (χ1v) is 7.45. The van der Waals surface area contributed by atoms with Gasteiger partial charge in [0.1, 0.15) is 0 Å². The van der Waals surface area contributed by atoms with E-state index >= 15 is 0 Å². The molecule has 0 spiro atoms. The predicted molar refractivity (Wildman–Crippen MR) is 95.0 cm³/mol. The molecule has 2 aromatic carbocycles. The maximum Gasteiger partial charge on any atom is 0.277 e. The van der Waals surface area contributed by atoms with Gasteiger partial charge in [-0.2, -0.15) is 5.10 Å². The second kappa shape index (κ2) is 8.57. The molecule has 1 N–H and O–H groups in total. The number of para-hydroxylation sites is 2. The molecule has 0 unspecified atom stereocenters. The van der Waals surface area contributed by atoms with Gasteiger partial charge in [0.15, 0.2) is 18.1 Å². The molecule has 0 radical (unpaired) electrons. The zero-order valence-electron chi connectivity index (χ0n) is 14.0. The molecule has 0 aliphatic heterocycles. The maximum absolute atomic E-state index is 11.8. The van der Waals surface area contributed by atoms with Crippen molar-refractivity contribution in [2.24, 2.45) is 5.10 Å². The number of nitrogens with zero attached hydrogens (tertiary/aromatic N) is 2. The molecule has 126 valence electrons. The van der Waals surface area contributed by atoms with Crippen molar-refractivity contribution in [1.82, 2.24) is 5.43 Å². The highest BCUT2D eigenvalue weighted by atomic mass is 16.5. The Bertz CT molecular complexity index is 697. The van der Waals surface area contributed by atoms with Gasteiger partial charge in [-0.05, 0) is 29.8 Å². The van der Waals surface area contributed by atoms with Crippen molar-refractivity contribution in [3.05, 3.63) is 54.1 Å². The van der Waals surface area contributed by atoms with E-state index in [0.717, 1.165) is 11.3 Å². The molecule has 0 aliphatic carbocycles. The van der Waals surface area contributed by atoms with Gasteiger partial charge in [0.25, 0.3) is 5.91 Å². The van der Waals surface area contributed by atoms with E-state index in [1.54, 1.807) is 25.5 Å². The Hall–Kier alpha value is -3.02. The lowest BCUT2D eigenvalue weighted by atomic mass is 10.2. The molecule has 2 rings (SSSR count). The van der Waals surface area contributed by atoms with Gasteiger partial charge < -0.3 is 14.4 Å². The summed E-state index contributed by atoms with van der Waals surface area (Å²) in [5.74, 6) is 0.746. The predicted octanol–water partition coefficient (Wildman–Crippen LogP) is 2.29. The number of carbonyl (C=O) groups is 1. The van der Waals surface area contributed by atoms with Crippen LogP contribution in [-0.4, -0.2) is 39.9 Å². The van der Waals surface area contributed by atoms with Crippen LogP contribution < -0.4 is 19.8 Å². The highest BCUT2D eigenvalue weighted by Crippen LogP contribution is 2.25. The number of hydrazone groups is 1. The van der Waals surface area contributed by atoms with Crippen LogP contribution in [0, 0.1) is 0 Å². The van der Waals surface area contributed by atoms with Gasteiger partial charge in [0, 0.05) is 19.8 Å². The largest absolute Gasteiger partial charge is 0.493 e. The first-order chi connectivity index (χ1) is 11.6. The zero-order chi connectivity index (χ0) is 17.4. The fraction of sp³-hybridized carbons (Fsp3) is 0.222. The van der Waals surface area contributed by atoms with Gasteiger partial charge >= 0.3 is 0 Å². The van der Waals surface area contributed by atoms with Gasteiger partial charge in [-0.1, -0.05) is 24.3 Å². The third kappa shape index (κ3) is 5.01. The molecular formula is C18H21N3O3. The Labute approximate surface area is 141 Å². The molecule has 0 saturated carbocycles. The molecule has 0 atom stereocenters. The first kappa shape index (κ1) is 17.3. The summed E-state index contributed by atoms with van der Waals surface area (Å²) in [5.41, 5.74) is 4.42. The van der Waals surface area contributed by atoms with Crippen LogP contribution in [0.25, 0.3) is 0 Å². The highest BCUT2D eigenvalue weighted by Gasteiger charge is 2.05. The minimum absolute atomic E-state index is 0.142. The van der Waals surface area contributed by atoms with Crippen molar-refractivity contribution in [2.75, 3.05) is 32.7 Å². The van der Waals surface area contributed by atoms with Crippen molar-refractivity contribution in [3.63, 3.8) is 0 Å². The molecule has 0 fully saturated rings. The molecule has 0 heterocycles. The van der Waals surface area contributed by atoms with Crippen molar-refractivity contribution < 1.29 is 14.3 Å². The second-order valence-electron chi connectivity index (χ2n) is 5.22. The van der Waals surface area contributed by atoms with Crippen LogP contribution in [0.5, 0.6) is 11.5 Å². The number of ether oxygens (including phenoxy) is 2. The SMILES string of the molecule is COc1ccccc1OCC(=O)N/N=C/c1ccc(N(C)C)cc1. The third-order valence-electron chi connectivity index (χ3n) is 3.24. The number of amides is 1. The Morgan fingerprint density at radius 3 is 2.42 bits per heavy atom. The van der Waals surface area contributed by atoms with E-state index in [4.69, 9.17) is 9.47 Å². The van der Waals surface area contributed by atoms with Crippen molar-refractivity contribution in [3.8, 4) is 11.5 Å². The molecule has 1 amide bonds. The molecule has 0 saturated heterocycles. The van der Waals surface area contributed by atoms with E-state index in [1.165, 1.54) is 0 Å². The van der Waals surface area contributed by atoms with Crippen LogP contribution in [0.4, 0.5) is 5.69 Å². The van der Waals surface area contributed by atoms with Gasteiger partial charge in [-0.15, -0.1) is 0 Å². The number of nitrogens with one attached hydrogen (secondary N) is 1. The summed E-state index contributed by atoms with van der Waals surface area (Å²) in [4.78, 5) is 13.8. The number of hydrogen-bond acceptors (Lipinski definition) is 5. The number of anilines is 1. The van der Waals surface area contributed by atoms with Gasteiger partial charge in [0.05, 0.1) is 13.3 Å². The van der Waals surface area contributed by atoms with Crippen LogP contribution in [0.2, 0.25) is 0 Å². The number of benzene rings is 2. The van der Waals surface area contributed by atoms with Gasteiger partial charge in [-0.3, -0.25) is 4.79 Å². The lowest BCUT2D eigenvalue weighted by molar-refractivity contribution is -0.123. The molecule has 0 aliphatic rings. The average molecular weight is 327 g/mol. The van der Waals surface area contributed by atoms with E-state index < -0.39 is 0 Å². The molecule has 0 aromatic heterocycles. The minimum atomic E-state index is -0.345. The zero-order valence-corrected chi connectivity index (χ0v) is 14.0. The van der Waals surface area contributed by atoms with Gasteiger partial charge in [0.2, 0.25) is 0 Å². The molecule has 6 heteroatoms. The number of methoxy groups -OCH3 is 1. The van der Waals surface area contributed by atoms with Crippen molar-refractivity contribution in [1.29, 1.82) is 0 Å². The first-order valence-electron chi connectivity index (χ1n) is 7.45. The lowest BCUT2D eigenvalue weighted by Crippen LogP contribution is -2.24. The topological polar surface area (TPSA) is 63.2 Å². The molecule has 24 heavy (non-hydrogen) atoms. The summed E-state index contributed by atoms with van der Waals surface area (Å²) >= 11 is 0. The summed E-state index contributed by atoms with van der Waals surface area (Å²) in [7, 11) is 5.50. The standard InChI is InChI=1S/C18H21N3O3/c1-21(2)15-10-8-14(9-11-15)12-19-20-18(22)13-24-17-7-5-4-6-16(17)23-3/h4-12H,13H2,1-3H3,(H,20,22)/b19-12+. The number of hydrogen-bond donors (Lipinski definition) is 1. The number of rotatable bonds is 7. The third-order valence-corrected chi connectivity index (χ3v) is 3.24. The monoisotopic (exact) mass is 327 g/mol. The summed E-state index contributed by atoms with van der Waals surface area (Å²) in [6.07, 6.45) is 1.58. The smallest absolute Gasteiger partial charge is 0.277 e. The molecule has 2 aromatic rings. The molecular weight excluding hydrogens is 306 g/mol. The fourth-order valence-electron chi connectivity index (χ4n) is 1.95. The summed E-state index contributed by atoms with van der Waals surface area (Å²) in [6, 6.07) is 15.0. The molecule has 6 nitrogen and oxygen atoms in total. The number of carbonyl (C=O) groups excluding carboxylic acids is 1. The maximum atomic E-state index is 11.8. The Kier molecular flexibility index (Phi) is 6.19. The molecule has 0 bridgehead atoms. The fourth-order valence-corrected chi connectivity index (χ4v) is 1.95. The van der Waals surface area contributed by atoms with E-state index in [-0.39, 0.29) is 12.5 Å². The second-order valence-corrected chi connectivity index (χ2v) is 5.22. The van der Waals surface area contributed by atoms with Crippen LogP contribution in [-0.2, 0) is 4.79 Å². The van der Waals surface area contributed by atoms with E-state index in [0.29, 0.717) is 11.5 Å². The average Bonchev–Trinajstić information content (AvgIpc) is 2.60.